The molecule has 0 atom stereocenters. The fourth-order valence-corrected chi connectivity index (χ4v) is 1.15. The fraction of sp³-hybridized carbons (Fsp3) is 0.100. The van der Waals surface area contributed by atoms with E-state index >= 15 is 0 Å². The lowest BCUT2D eigenvalue weighted by atomic mass is 10.3. The highest BCUT2D eigenvalue weighted by molar-refractivity contribution is 7.78. The maximum absolute atomic E-state index is 5.88. The van der Waals surface area contributed by atoms with Gasteiger partial charge in [0.25, 0.3) is 0 Å². The summed E-state index contributed by atoms with van der Waals surface area (Å²) in [6.07, 6.45) is 5.04. The third-order valence-corrected chi connectivity index (χ3v) is 1.80. The van der Waals surface area contributed by atoms with Crippen molar-refractivity contribution < 1.29 is 4.74 Å². The number of benzene rings is 1. The number of nitrogens with zero attached hydrogens (tertiary/aromatic N) is 1. The molecule has 0 aliphatic rings. The molecule has 0 amide bonds. The van der Waals surface area contributed by atoms with Crippen molar-refractivity contribution in [2.45, 2.75) is 0 Å². The van der Waals surface area contributed by atoms with Crippen LogP contribution in [0.2, 0.25) is 5.02 Å². The first kappa shape index (κ1) is 10.7. The minimum atomic E-state index is 0.214. The Morgan fingerprint density at radius 2 is 2.36 bits per heavy atom. The summed E-state index contributed by atoms with van der Waals surface area (Å²) in [4.78, 5) is 3.76. The van der Waals surface area contributed by atoms with E-state index in [0.29, 0.717) is 16.5 Å². The van der Waals surface area contributed by atoms with Crippen molar-refractivity contribution >= 4 is 34.7 Å². The van der Waals surface area contributed by atoms with Gasteiger partial charge in [-0.1, -0.05) is 17.5 Å². The van der Waals surface area contributed by atoms with Gasteiger partial charge in [-0.2, -0.15) is 4.99 Å². The van der Waals surface area contributed by atoms with Crippen LogP contribution in [-0.2, 0) is 0 Å². The predicted molar refractivity (Wildman–Crippen MR) is 60.5 cm³/mol. The van der Waals surface area contributed by atoms with Crippen LogP contribution < -0.4 is 4.74 Å². The lowest BCUT2D eigenvalue weighted by Gasteiger charge is -2.03. The lowest BCUT2D eigenvalue weighted by molar-refractivity contribution is 0.370. The minimum Gasteiger partial charge on any atom is -0.481 e. The maximum atomic E-state index is 5.88. The third kappa shape index (κ3) is 2.86. The summed E-state index contributed by atoms with van der Waals surface area (Å²) in [5.74, 6) is 2.97. The average molecular weight is 224 g/mol. The van der Waals surface area contributed by atoms with Gasteiger partial charge < -0.3 is 4.74 Å². The molecule has 1 aromatic rings. The average Bonchev–Trinajstić information content (AvgIpc) is 2.19. The van der Waals surface area contributed by atoms with Gasteiger partial charge in [-0.15, -0.1) is 6.42 Å². The highest BCUT2D eigenvalue weighted by Gasteiger charge is 2.00. The van der Waals surface area contributed by atoms with Gasteiger partial charge in [-0.25, -0.2) is 0 Å². The number of thiocarbonyl (C=S) groups is 1. The van der Waals surface area contributed by atoms with Gasteiger partial charge in [0.1, 0.15) is 12.4 Å². The Hall–Kier alpha value is -1.33. The summed E-state index contributed by atoms with van der Waals surface area (Å²) in [6, 6.07) is 5.03. The summed E-state index contributed by atoms with van der Waals surface area (Å²) < 4.78 is 5.16. The lowest BCUT2D eigenvalue weighted by Crippen LogP contribution is -1.92. The quantitative estimate of drug-likeness (QED) is 0.446. The van der Waals surface area contributed by atoms with E-state index in [4.69, 9.17) is 22.8 Å². The van der Waals surface area contributed by atoms with Gasteiger partial charge in [0.05, 0.1) is 15.9 Å². The van der Waals surface area contributed by atoms with Gasteiger partial charge >= 0.3 is 0 Å². The summed E-state index contributed by atoms with van der Waals surface area (Å²) in [7, 11) is 0. The standard InChI is InChI=1S/C10H6ClNOS/c1-2-5-13-8-3-4-10(12-7-14)9(11)6-8/h1,3-4,6H,5H2. The first-order valence-electron chi connectivity index (χ1n) is 3.71. The van der Waals surface area contributed by atoms with Crippen LogP contribution >= 0.6 is 23.8 Å². The molecule has 0 N–H and O–H groups in total. The molecule has 0 fully saturated rings. The van der Waals surface area contributed by atoms with E-state index in [9.17, 15) is 0 Å². The van der Waals surface area contributed by atoms with Crippen molar-refractivity contribution in [1.82, 2.24) is 0 Å². The summed E-state index contributed by atoms with van der Waals surface area (Å²) in [6.45, 7) is 0.214. The normalized spacial score (nSPS) is 8.57. The molecule has 70 valence electrons. The number of hydrogen-bond donors (Lipinski definition) is 0. The third-order valence-electron chi connectivity index (χ3n) is 1.41. The van der Waals surface area contributed by atoms with Crippen molar-refractivity contribution in [2.24, 2.45) is 4.99 Å². The van der Waals surface area contributed by atoms with Crippen LogP contribution in [0.3, 0.4) is 0 Å². The van der Waals surface area contributed by atoms with Crippen molar-refractivity contribution in [2.75, 3.05) is 6.61 Å². The van der Waals surface area contributed by atoms with Crippen molar-refractivity contribution in [3.63, 3.8) is 0 Å². The number of aliphatic imine (C=N–C) groups is 1. The van der Waals surface area contributed by atoms with Gasteiger partial charge in [-0.3, -0.25) is 0 Å². The first-order chi connectivity index (χ1) is 6.77. The van der Waals surface area contributed by atoms with Gasteiger partial charge in [-0.05, 0) is 24.4 Å². The molecule has 0 unspecified atom stereocenters. The molecule has 0 aliphatic heterocycles. The second kappa shape index (κ2) is 5.41. The predicted octanol–water partition coefficient (Wildman–Crippen LogP) is 3.09. The molecule has 2 nitrogen and oxygen atoms in total. The van der Waals surface area contributed by atoms with E-state index in [2.05, 4.69) is 28.3 Å². The van der Waals surface area contributed by atoms with Crippen LogP contribution in [0, 0.1) is 12.3 Å². The Morgan fingerprint density at radius 1 is 1.57 bits per heavy atom. The number of isothiocyanates is 1. The van der Waals surface area contributed by atoms with E-state index in [1.165, 1.54) is 0 Å². The molecular formula is C10H6ClNOS. The van der Waals surface area contributed by atoms with Crippen LogP contribution in [0.1, 0.15) is 0 Å². The van der Waals surface area contributed by atoms with E-state index in [1.807, 2.05) is 0 Å². The Morgan fingerprint density at radius 3 is 2.93 bits per heavy atom. The smallest absolute Gasteiger partial charge is 0.148 e. The summed E-state index contributed by atoms with van der Waals surface area (Å²) >= 11 is 10.3. The van der Waals surface area contributed by atoms with E-state index < -0.39 is 0 Å². The minimum absolute atomic E-state index is 0.214. The number of rotatable bonds is 3. The van der Waals surface area contributed by atoms with Crippen molar-refractivity contribution in [3.05, 3.63) is 23.2 Å². The molecule has 4 heteroatoms. The van der Waals surface area contributed by atoms with E-state index in [0.717, 1.165) is 0 Å². The zero-order valence-corrected chi connectivity index (χ0v) is 8.73. The van der Waals surface area contributed by atoms with Crippen LogP contribution in [0.25, 0.3) is 0 Å². The molecule has 0 heterocycles. The Balaban J connectivity index is 2.89. The number of ether oxygens (including phenoxy) is 1. The molecule has 14 heavy (non-hydrogen) atoms. The molecule has 0 aliphatic carbocycles. The van der Waals surface area contributed by atoms with E-state index in [1.54, 1.807) is 18.2 Å². The van der Waals surface area contributed by atoms with Gasteiger partial charge in [0, 0.05) is 6.07 Å². The molecule has 1 aromatic carbocycles. The monoisotopic (exact) mass is 223 g/mol. The van der Waals surface area contributed by atoms with E-state index in [-0.39, 0.29) is 6.61 Å². The molecule has 0 radical (unpaired) electrons. The van der Waals surface area contributed by atoms with Crippen LogP contribution in [0.4, 0.5) is 5.69 Å². The fourth-order valence-electron chi connectivity index (χ4n) is 0.842. The number of hydrogen-bond acceptors (Lipinski definition) is 3. The molecule has 0 bridgehead atoms. The molecule has 0 saturated heterocycles. The Labute approximate surface area is 92.6 Å². The van der Waals surface area contributed by atoms with Crippen molar-refractivity contribution in [3.8, 4) is 18.1 Å². The van der Waals surface area contributed by atoms with Crippen LogP contribution in [-0.4, -0.2) is 11.8 Å². The molecule has 1 rings (SSSR count). The number of halogens is 1. The zero-order chi connectivity index (χ0) is 10.4. The zero-order valence-electron chi connectivity index (χ0n) is 7.16. The first-order valence-corrected chi connectivity index (χ1v) is 4.50. The second-order valence-electron chi connectivity index (χ2n) is 2.31. The van der Waals surface area contributed by atoms with Crippen LogP contribution in [0.15, 0.2) is 23.2 Å². The maximum Gasteiger partial charge on any atom is 0.148 e. The Kier molecular flexibility index (Phi) is 4.15. The van der Waals surface area contributed by atoms with Crippen molar-refractivity contribution in [1.29, 1.82) is 0 Å². The molecule has 0 spiro atoms. The molecule has 0 aromatic heterocycles. The largest absolute Gasteiger partial charge is 0.481 e. The molecule has 0 saturated carbocycles. The number of terminal acetylenes is 1. The molecular weight excluding hydrogens is 218 g/mol. The summed E-state index contributed by atoms with van der Waals surface area (Å²) in [5, 5.41) is 2.69. The highest BCUT2D eigenvalue weighted by Crippen LogP contribution is 2.28. The topological polar surface area (TPSA) is 21.6 Å². The van der Waals surface area contributed by atoms with Gasteiger partial charge in [0.15, 0.2) is 0 Å². The SMILES string of the molecule is C#CCOc1ccc(N=C=S)c(Cl)c1. The van der Waals surface area contributed by atoms with Gasteiger partial charge in [0.2, 0.25) is 0 Å². The summed E-state index contributed by atoms with van der Waals surface area (Å²) in [5.41, 5.74) is 0.565. The highest BCUT2D eigenvalue weighted by atomic mass is 35.5. The Bertz CT molecular complexity index is 419. The van der Waals surface area contributed by atoms with Crippen LogP contribution in [0.5, 0.6) is 5.75 Å². The second-order valence-corrected chi connectivity index (χ2v) is 2.90.